The molecule has 17 heteroatoms. The molecule has 10 aromatic rings. The van der Waals surface area contributed by atoms with E-state index in [1.165, 1.54) is 17.8 Å². The smallest absolute Gasteiger partial charge is 0.247 e. The van der Waals surface area contributed by atoms with Crippen LogP contribution in [0.4, 0.5) is 22.7 Å². The molecule has 2 amide bonds. The topological polar surface area (TPSA) is 184 Å². The Hall–Kier alpha value is -9.42. The molecule has 82 heavy (non-hydrogen) atoms. The molecule has 8 heterocycles. The molecule has 2 aliphatic rings. The van der Waals surface area contributed by atoms with Gasteiger partial charge in [-0.2, -0.15) is 10.2 Å². The number of nitrogens with zero attached hydrogens (tertiary/aromatic N) is 10. The van der Waals surface area contributed by atoms with Gasteiger partial charge in [-0.05, 0) is 122 Å². The quantitative estimate of drug-likeness (QED) is 0.0580. The maximum absolute atomic E-state index is 13.8. The van der Waals surface area contributed by atoms with E-state index >= 15 is 0 Å². The molecule has 0 radical (unpaired) electrons. The lowest BCUT2D eigenvalue weighted by Crippen LogP contribution is -2.44. The van der Waals surface area contributed by atoms with Gasteiger partial charge in [-0.25, -0.2) is 9.97 Å². The summed E-state index contributed by atoms with van der Waals surface area (Å²) < 4.78 is 3.97. The number of carbonyl (C=O) groups excluding carboxylic acids is 2. The van der Waals surface area contributed by atoms with Crippen LogP contribution in [-0.4, -0.2) is 139 Å². The van der Waals surface area contributed by atoms with Crippen molar-refractivity contribution >= 4 is 56.6 Å². The van der Waals surface area contributed by atoms with Crippen LogP contribution in [0.1, 0.15) is 18.1 Å². The number of nitrogens with one attached hydrogen (secondary N) is 4. The molecule has 17 nitrogen and oxygen atoms in total. The maximum Gasteiger partial charge on any atom is 0.247 e. The number of fused-ring (bicyclic) bond motifs is 2. The molecule has 1 unspecified atom stereocenters. The molecule has 6 aromatic heterocycles. The number of carbonyl (C=O) groups is 2. The zero-order valence-corrected chi connectivity index (χ0v) is 46.7. The first-order chi connectivity index (χ1) is 39.9. The molecule has 2 aliphatic heterocycles. The summed E-state index contributed by atoms with van der Waals surface area (Å²) in [6, 6.07) is 34.2. The van der Waals surface area contributed by atoms with Gasteiger partial charge < -0.3 is 44.9 Å². The van der Waals surface area contributed by atoms with Crippen LogP contribution in [-0.2, 0) is 22.7 Å². The number of hydrogen-bond acceptors (Lipinski definition) is 11. The molecule has 5 N–H and O–H groups in total. The van der Waals surface area contributed by atoms with E-state index in [0.29, 0.717) is 23.6 Å². The van der Waals surface area contributed by atoms with E-state index < -0.39 is 6.10 Å². The zero-order valence-electron chi connectivity index (χ0n) is 46.7. The standard InChI is InChI=1S/C65H66N14O3/c1-7-58(81)71-56-31-46(10-9-41(56)3)61-55-30-49(51-37-70-78(39-51)38-42(4)80)34-67-65(55)79(63(61)44-15-19-53(20-16-44)77-27-23-75(6)24-28-77)40-47-12-11-45(32-57(47)72-59(82)8-2)60-54-29-48(50-35-68-69-36-50)33-66-64(54)73-62(60)43-13-17-52(18-14-43)76-25-21-74(5)22-26-76/h7-20,29-37,39,42,80H,1-2,21-28,38,40H2,3-6H3,(H,66,73)(H,68,69)(H,71,81)(H,72,82). The fourth-order valence-electron chi connectivity index (χ4n) is 11.4. The highest BCUT2D eigenvalue weighted by atomic mass is 16.3. The van der Waals surface area contributed by atoms with Crippen LogP contribution in [0.3, 0.4) is 0 Å². The summed E-state index contributed by atoms with van der Waals surface area (Å²) in [6.07, 6.45) is 13.1. The Morgan fingerprint density at radius 2 is 1.23 bits per heavy atom. The van der Waals surface area contributed by atoms with Crippen molar-refractivity contribution in [2.75, 3.05) is 86.9 Å². The number of aromatic nitrogens is 8. The summed E-state index contributed by atoms with van der Waals surface area (Å²) in [7, 11) is 4.33. The van der Waals surface area contributed by atoms with Crippen LogP contribution in [0, 0.1) is 6.92 Å². The van der Waals surface area contributed by atoms with Crippen LogP contribution >= 0.6 is 0 Å². The highest BCUT2D eigenvalue weighted by Crippen LogP contribution is 2.46. The Morgan fingerprint density at radius 3 is 1.88 bits per heavy atom. The second-order valence-electron chi connectivity index (χ2n) is 21.6. The first-order valence-electron chi connectivity index (χ1n) is 27.8. The van der Waals surface area contributed by atoms with Crippen LogP contribution in [0.2, 0.25) is 0 Å². The predicted molar refractivity (Wildman–Crippen MR) is 329 cm³/mol. The monoisotopic (exact) mass is 1090 g/mol. The van der Waals surface area contributed by atoms with E-state index in [1.54, 1.807) is 24.0 Å². The average Bonchev–Trinajstić information content (AvgIpc) is 4.51. The summed E-state index contributed by atoms with van der Waals surface area (Å²) in [5.74, 6) is -0.668. The number of aliphatic hydroxyl groups excluding tert-OH is 1. The third-order valence-electron chi connectivity index (χ3n) is 16.0. The van der Waals surface area contributed by atoms with E-state index in [2.05, 4.69) is 161 Å². The number of rotatable bonds is 16. The maximum atomic E-state index is 13.8. The van der Waals surface area contributed by atoms with Crippen LogP contribution in [0.25, 0.3) is 89.1 Å². The van der Waals surface area contributed by atoms with E-state index in [0.717, 1.165) is 153 Å². The van der Waals surface area contributed by atoms with Crippen molar-refractivity contribution < 1.29 is 14.7 Å². The number of aromatic amines is 2. The fourth-order valence-corrected chi connectivity index (χ4v) is 11.4. The lowest BCUT2D eigenvalue weighted by molar-refractivity contribution is -0.112. The molecule has 0 bridgehead atoms. The number of piperazine rings is 2. The summed E-state index contributed by atoms with van der Waals surface area (Å²) in [5, 5.41) is 30.1. The van der Waals surface area contributed by atoms with Gasteiger partial charge in [-0.1, -0.05) is 61.7 Å². The highest BCUT2D eigenvalue weighted by molar-refractivity contribution is 6.08. The van der Waals surface area contributed by atoms with Crippen molar-refractivity contribution in [3.63, 3.8) is 0 Å². The van der Waals surface area contributed by atoms with Crippen molar-refractivity contribution in [3.8, 4) is 67.0 Å². The number of hydrogen-bond donors (Lipinski definition) is 5. The van der Waals surface area contributed by atoms with Gasteiger partial charge in [-0.3, -0.25) is 19.4 Å². The number of amides is 2. The van der Waals surface area contributed by atoms with E-state index in [4.69, 9.17) is 9.97 Å². The van der Waals surface area contributed by atoms with Gasteiger partial charge in [0.25, 0.3) is 0 Å². The minimum atomic E-state index is -0.585. The van der Waals surface area contributed by atoms with Crippen molar-refractivity contribution in [3.05, 3.63) is 171 Å². The van der Waals surface area contributed by atoms with Crippen molar-refractivity contribution in [1.82, 2.24) is 49.3 Å². The summed E-state index contributed by atoms with van der Waals surface area (Å²) in [4.78, 5) is 50.3. The normalized spacial score (nSPS) is 14.6. The van der Waals surface area contributed by atoms with Crippen molar-refractivity contribution in [2.45, 2.75) is 33.0 Å². The van der Waals surface area contributed by atoms with E-state index in [9.17, 15) is 14.7 Å². The van der Waals surface area contributed by atoms with Gasteiger partial charge in [0.1, 0.15) is 11.3 Å². The van der Waals surface area contributed by atoms with Gasteiger partial charge >= 0.3 is 0 Å². The fraction of sp³-hybridized carbons (Fsp3) is 0.231. The Labute approximate surface area is 476 Å². The minimum Gasteiger partial charge on any atom is -0.391 e. The van der Waals surface area contributed by atoms with Gasteiger partial charge in [-0.15, -0.1) is 0 Å². The molecule has 0 spiro atoms. The van der Waals surface area contributed by atoms with Crippen molar-refractivity contribution in [1.29, 1.82) is 0 Å². The van der Waals surface area contributed by atoms with Gasteiger partial charge in [0, 0.05) is 144 Å². The third kappa shape index (κ3) is 10.7. The molecule has 0 saturated carbocycles. The number of pyridine rings is 2. The highest BCUT2D eigenvalue weighted by Gasteiger charge is 2.27. The molecular formula is C65H66N14O3. The van der Waals surface area contributed by atoms with E-state index in [1.807, 2.05) is 49.9 Å². The molecule has 0 aliphatic carbocycles. The molecular weight excluding hydrogens is 1020 g/mol. The Kier molecular flexibility index (Phi) is 14.7. The summed E-state index contributed by atoms with van der Waals surface area (Å²) in [5.41, 5.74) is 17.5. The number of benzene rings is 4. The Balaban J connectivity index is 1.05. The largest absolute Gasteiger partial charge is 0.391 e. The van der Waals surface area contributed by atoms with Crippen molar-refractivity contribution in [2.24, 2.45) is 0 Å². The second kappa shape index (κ2) is 22.6. The Bertz CT molecular complexity index is 4010. The zero-order chi connectivity index (χ0) is 56.6. The molecule has 2 saturated heterocycles. The van der Waals surface area contributed by atoms with Gasteiger partial charge in [0.05, 0.1) is 43.0 Å². The predicted octanol–water partition coefficient (Wildman–Crippen LogP) is 10.3. The number of likely N-dealkylation sites (N-methyl/N-ethyl adjacent to an activating group) is 2. The number of anilines is 4. The molecule has 2 fully saturated rings. The molecule has 4 aromatic carbocycles. The Morgan fingerprint density at radius 1 is 0.646 bits per heavy atom. The molecule has 414 valence electrons. The molecule has 1 atom stereocenters. The SMILES string of the molecule is C=CC(=O)Nc1cc(-c2c(-c3ccc(N4CCN(C)CC4)cc3)n(Cc3ccc(-c4c(-c5ccc(N6CCN(C)CC6)cc5)[nH]c5ncc(-c6cn[nH]c6)cc45)cc3NC(=O)C=C)c3ncc(-c4cnn(CC(C)O)c4)cc23)ccc1C. The van der Waals surface area contributed by atoms with Gasteiger partial charge in [0.15, 0.2) is 0 Å². The number of aliphatic hydroxyl groups is 1. The van der Waals surface area contributed by atoms with Crippen LogP contribution in [0.15, 0.2) is 160 Å². The minimum absolute atomic E-state index is 0.282. The average molecular weight is 1090 g/mol. The second-order valence-corrected chi connectivity index (χ2v) is 21.6. The van der Waals surface area contributed by atoms with Gasteiger partial charge in [0.2, 0.25) is 11.8 Å². The first kappa shape index (κ1) is 53.2. The molecule has 12 rings (SSSR count). The number of aryl methyl sites for hydroxylation is 1. The number of H-pyrrole nitrogens is 2. The third-order valence-corrected chi connectivity index (χ3v) is 16.0. The first-order valence-corrected chi connectivity index (χ1v) is 27.8. The summed E-state index contributed by atoms with van der Waals surface area (Å²) in [6.45, 7) is 19.7. The van der Waals surface area contributed by atoms with Crippen LogP contribution in [0.5, 0.6) is 0 Å². The summed E-state index contributed by atoms with van der Waals surface area (Å²) >= 11 is 0. The lowest BCUT2D eigenvalue weighted by Gasteiger charge is -2.34. The van der Waals surface area contributed by atoms with E-state index in [-0.39, 0.29) is 18.4 Å². The van der Waals surface area contributed by atoms with Crippen LogP contribution < -0.4 is 20.4 Å². The lowest BCUT2D eigenvalue weighted by atomic mass is 9.95.